The SMILES string of the molecule is Cc1nc(C)n(-c2cc[c-]cc2C)n1.[Y]. The van der Waals surface area contributed by atoms with Gasteiger partial charge in [0.15, 0.2) is 0 Å². The molecule has 1 aromatic carbocycles. The van der Waals surface area contributed by atoms with Crippen LogP contribution in [0, 0.1) is 26.8 Å². The minimum Gasteiger partial charge on any atom is -0.242 e. The van der Waals surface area contributed by atoms with E-state index in [1.54, 1.807) is 0 Å². The summed E-state index contributed by atoms with van der Waals surface area (Å²) in [6, 6.07) is 8.87. The summed E-state index contributed by atoms with van der Waals surface area (Å²) in [6.07, 6.45) is 0. The second-order valence-corrected chi connectivity index (χ2v) is 3.33. The van der Waals surface area contributed by atoms with Crippen molar-refractivity contribution in [2.75, 3.05) is 0 Å². The minimum atomic E-state index is 0. The van der Waals surface area contributed by atoms with E-state index in [1.807, 2.05) is 43.7 Å². The van der Waals surface area contributed by atoms with Gasteiger partial charge in [0, 0.05) is 32.7 Å². The summed E-state index contributed by atoms with van der Waals surface area (Å²) in [6.45, 7) is 5.90. The fraction of sp³-hybridized carbons (Fsp3) is 0.273. The third-order valence-corrected chi connectivity index (χ3v) is 2.14. The Morgan fingerprint density at radius 3 is 2.53 bits per heavy atom. The molecule has 2 aromatic rings. The summed E-state index contributed by atoms with van der Waals surface area (Å²) < 4.78 is 1.86. The van der Waals surface area contributed by atoms with Gasteiger partial charge in [-0.25, -0.2) is 9.67 Å². The normalized spacial score (nSPS) is 9.80. The number of aryl methyl sites for hydroxylation is 3. The number of aromatic nitrogens is 3. The number of nitrogens with zero attached hydrogens (tertiary/aromatic N) is 3. The molecule has 0 N–H and O–H groups in total. The van der Waals surface area contributed by atoms with E-state index < -0.39 is 0 Å². The monoisotopic (exact) mass is 275 g/mol. The van der Waals surface area contributed by atoms with Crippen LogP contribution in [-0.2, 0) is 32.7 Å². The van der Waals surface area contributed by atoms with E-state index in [0.29, 0.717) is 0 Å². The van der Waals surface area contributed by atoms with Gasteiger partial charge < -0.3 is 0 Å². The molecule has 1 radical (unpaired) electrons. The Bertz CT molecular complexity index is 463. The van der Waals surface area contributed by atoms with E-state index in [9.17, 15) is 0 Å². The van der Waals surface area contributed by atoms with Gasteiger partial charge in [-0.15, -0.1) is 11.6 Å². The van der Waals surface area contributed by atoms with Crippen molar-refractivity contribution in [1.82, 2.24) is 14.8 Å². The Hall–Kier alpha value is -0.536. The molecule has 0 unspecified atom stereocenters. The molecular formula is C11H12N3Y-. The third kappa shape index (κ3) is 2.53. The average molecular weight is 275 g/mol. The fourth-order valence-electron chi connectivity index (χ4n) is 1.49. The molecule has 75 valence electrons. The van der Waals surface area contributed by atoms with Gasteiger partial charge in [-0.1, -0.05) is 6.92 Å². The van der Waals surface area contributed by atoms with Crippen LogP contribution in [0.2, 0.25) is 0 Å². The topological polar surface area (TPSA) is 30.7 Å². The maximum absolute atomic E-state index is 4.33. The van der Waals surface area contributed by atoms with Crippen molar-refractivity contribution in [1.29, 1.82) is 0 Å². The molecule has 3 nitrogen and oxygen atoms in total. The van der Waals surface area contributed by atoms with Crippen molar-refractivity contribution in [2.24, 2.45) is 0 Å². The van der Waals surface area contributed by atoms with Crippen LogP contribution in [-0.4, -0.2) is 14.8 Å². The van der Waals surface area contributed by atoms with Crippen molar-refractivity contribution in [3.05, 3.63) is 41.5 Å². The summed E-state index contributed by atoms with van der Waals surface area (Å²) in [5.74, 6) is 1.71. The first-order valence-corrected chi connectivity index (χ1v) is 4.56. The molecule has 0 aliphatic heterocycles. The van der Waals surface area contributed by atoms with Gasteiger partial charge in [0.25, 0.3) is 0 Å². The van der Waals surface area contributed by atoms with E-state index in [2.05, 4.69) is 16.1 Å². The fourth-order valence-corrected chi connectivity index (χ4v) is 1.49. The first-order valence-electron chi connectivity index (χ1n) is 4.56. The number of rotatable bonds is 1. The Balaban J connectivity index is 0.00000112. The smallest absolute Gasteiger partial charge is 0.148 e. The van der Waals surface area contributed by atoms with Crippen molar-refractivity contribution >= 4 is 0 Å². The number of hydrogen-bond acceptors (Lipinski definition) is 2. The van der Waals surface area contributed by atoms with Crippen molar-refractivity contribution in [2.45, 2.75) is 20.8 Å². The summed E-state index contributed by atoms with van der Waals surface area (Å²) in [5.41, 5.74) is 2.22. The van der Waals surface area contributed by atoms with Crippen molar-refractivity contribution in [3.8, 4) is 5.69 Å². The zero-order valence-corrected chi connectivity index (χ0v) is 12.0. The molecule has 0 saturated carbocycles. The molecule has 0 fully saturated rings. The average Bonchev–Trinajstić information content (AvgIpc) is 2.46. The maximum atomic E-state index is 4.33. The van der Waals surface area contributed by atoms with Gasteiger partial charge in [-0.2, -0.15) is 23.3 Å². The molecular weight excluding hydrogens is 263 g/mol. The molecule has 2 rings (SSSR count). The van der Waals surface area contributed by atoms with Crippen LogP contribution in [0.4, 0.5) is 0 Å². The quantitative estimate of drug-likeness (QED) is 0.745. The van der Waals surface area contributed by atoms with E-state index >= 15 is 0 Å². The standard InChI is InChI=1S/C11H12N3.Y/c1-8-6-4-5-7-11(8)14-10(3)12-9(2)13-14;/h5-7H,1-3H3;/q-1;. The van der Waals surface area contributed by atoms with Gasteiger partial charge in [-0.05, 0) is 19.5 Å². The van der Waals surface area contributed by atoms with E-state index in [-0.39, 0.29) is 32.7 Å². The predicted molar refractivity (Wildman–Crippen MR) is 54.4 cm³/mol. The Morgan fingerprint density at radius 1 is 1.27 bits per heavy atom. The van der Waals surface area contributed by atoms with E-state index in [1.165, 1.54) is 0 Å². The van der Waals surface area contributed by atoms with Gasteiger partial charge in [0.2, 0.25) is 0 Å². The molecule has 0 aliphatic carbocycles. The van der Waals surface area contributed by atoms with E-state index in [4.69, 9.17) is 0 Å². The van der Waals surface area contributed by atoms with Gasteiger partial charge in [-0.3, -0.25) is 0 Å². The molecule has 0 spiro atoms. The summed E-state index contributed by atoms with van der Waals surface area (Å²) >= 11 is 0. The Kier molecular flexibility index (Phi) is 4.17. The zero-order chi connectivity index (χ0) is 10.1. The summed E-state index contributed by atoms with van der Waals surface area (Å²) in [7, 11) is 0. The Labute approximate surface area is 115 Å². The van der Waals surface area contributed by atoms with Gasteiger partial charge in [0.05, 0.1) is 0 Å². The molecule has 0 saturated heterocycles. The first kappa shape index (κ1) is 12.5. The molecule has 0 amide bonds. The van der Waals surface area contributed by atoms with Crippen LogP contribution >= 0.6 is 0 Å². The molecule has 1 heterocycles. The van der Waals surface area contributed by atoms with Crippen LogP contribution in [0.3, 0.4) is 0 Å². The summed E-state index contributed by atoms with van der Waals surface area (Å²) in [5, 5.41) is 4.33. The Morgan fingerprint density at radius 2 is 2.00 bits per heavy atom. The molecule has 0 atom stereocenters. The third-order valence-electron chi connectivity index (χ3n) is 2.14. The van der Waals surface area contributed by atoms with Crippen molar-refractivity contribution < 1.29 is 32.7 Å². The first-order chi connectivity index (χ1) is 6.68. The molecule has 15 heavy (non-hydrogen) atoms. The molecule has 4 heteroatoms. The number of hydrogen-bond donors (Lipinski definition) is 0. The van der Waals surface area contributed by atoms with Gasteiger partial charge >= 0.3 is 0 Å². The second-order valence-electron chi connectivity index (χ2n) is 3.33. The van der Waals surface area contributed by atoms with Crippen LogP contribution in [0.1, 0.15) is 17.2 Å². The second kappa shape index (κ2) is 4.99. The minimum absolute atomic E-state index is 0. The maximum Gasteiger partial charge on any atom is 0.148 e. The zero-order valence-electron chi connectivity index (χ0n) is 9.15. The van der Waals surface area contributed by atoms with Crippen LogP contribution < -0.4 is 0 Å². The molecule has 0 aliphatic rings. The van der Waals surface area contributed by atoms with Gasteiger partial charge in [0.1, 0.15) is 11.6 Å². The van der Waals surface area contributed by atoms with E-state index in [0.717, 1.165) is 22.9 Å². The largest absolute Gasteiger partial charge is 0.242 e. The van der Waals surface area contributed by atoms with Crippen LogP contribution in [0.25, 0.3) is 5.69 Å². The predicted octanol–water partition coefficient (Wildman–Crippen LogP) is 1.99. The summed E-state index contributed by atoms with van der Waals surface area (Å²) in [4.78, 5) is 4.27. The molecule has 1 aromatic heterocycles. The van der Waals surface area contributed by atoms with Crippen molar-refractivity contribution in [3.63, 3.8) is 0 Å². The molecule has 0 bridgehead atoms. The number of benzene rings is 1. The van der Waals surface area contributed by atoms with Crippen LogP contribution in [0.15, 0.2) is 18.2 Å². The van der Waals surface area contributed by atoms with Crippen LogP contribution in [0.5, 0.6) is 0 Å².